The average Bonchev–Trinajstić information content (AvgIpc) is 2.29. The van der Waals surface area contributed by atoms with Gasteiger partial charge in [-0.15, -0.1) is 0 Å². The van der Waals surface area contributed by atoms with Crippen LogP contribution in [-0.4, -0.2) is 19.6 Å². The zero-order valence-electron chi connectivity index (χ0n) is 9.72. The quantitative estimate of drug-likeness (QED) is 0.334. The summed E-state index contributed by atoms with van der Waals surface area (Å²) in [5.74, 6) is 0.0540. The van der Waals surface area contributed by atoms with E-state index >= 15 is 0 Å². The second-order valence-electron chi connectivity index (χ2n) is 3.74. The number of benzene rings is 1. The van der Waals surface area contributed by atoms with E-state index in [1.165, 1.54) is 5.56 Å². The van der Waals surface area contributed by atoms with Crippen LogP contribution in [0.5, 0.6) is 0 Å². The van der Waals surface area contributed by atoms with E-state index in [0.29, 0.717) is 0 Å². The minimum atomic E-state index is 0.0540. The highest BCUT2D eigenvalue weighted by molar-refractivity contribution is 5.74. The van der Waals surface area contributed by atoms with E-state index in [2.05, 4.69) is 34.9 Å². The second-order valence-corrected chi connectivity index (χ2v) is 3.74. The maximum Gasteiger partial charge on any atom is 0.185 e. The summed E-state index contributed by atoms with van der Waals surface area (Å²) in [6.07, 6.45) is 3.22. The van der Waals surface area contributed by atoms with Crippen LogP contribution in [0.3, 0.4) is 0 Å². The summed E-state index contributed by atoms with van der Waals surface area (Å²) in [4.78, 5) is 0. The maximum atomic E-state index is 7.00. The summed E-state index contributed by atoms with van der Waals surface area (Å²) in [6, 6.07) is 8.46. The van der Waals surface area contributed by atoms with E-state index in [4.69, 9.17) is 11.1 Å². The molecule has 0 saturated carbocycles. The van der Waals surface area contributed by atoms with Crippen molar-refractivity contribution < 1.29 is 0 Å². The zero-order chi connectivity index (χ0) is 11.8. The lowest BCUT2D eigenvalue weighted by Gasteiger charge is -2.05. The van der Waals surface area contributed by atoms with E-state index in [0.717, 1.165) is 31.5 Å². The van der Waals surface area contributed by atoms with Crippen LogP contribution in [-0.2, 0) is 6.42 Å². The molecule has 1 rings (SSSR count). The maximum absolute atomic E-state index is 7.00. The third kappa shape index (κ3) is 4.68. The minimum absolute atomic E-state index is 0.0540. The molecule has 4 nitrogen and oxygen atoms in total. The molecular weight excluding hydrogens is 200 g/mol. The number of nitrogens with two attached hydrogens (primary N) is 1. The molecule has 88 valence electrons. The first-order valence-corrected chi connectivity index (χ1v) is 5.57. The highest BCUT2D eigenvalue weighted by Crippen LogP contribution is 2.10. The van der Waals surface area contributed by atoms with E-state index in [1.807, 2.05) is 7.05 Å². The van der Waals surface area contributed by atoms with Crippen molar-refractivity contribution in [3.8, 4) is 0 Å². The van der Waals surface area contributed by atoms with Crippen molar-refractivity contribution in [2.75, 3.05) is 18.9 Å². The molecule has 0 bridgehead atoms. The summed E-state index contributed by atoms with van der Waals surface area (Å²) in [6.45, 7) is 0.782. The van der Waals surface area contributed by atoms with Crippen molar-refractivity contribution in [2.24, 2.45) is 5.73 Å². The molecule has 4 heteroatoms. The molecule has 0 fully saturated rings. The number of unbranched alkanes of at least 4 members (excludes halogenated alkanes) is 1. The standard InChI is InChI=1S/C12H20N4/c1-15-11-7-5-10(6-8-11)4-2-3-9-16-12(13)14/h5-8,15H,2-4,9H2,1H3,(H4,13,14,16). The summed E-state index contributed by atoms with van der Waals surface area (Å²) in [5, 5.41) is 12.9. The lowest BCUT2D eigenvalue weighted by atomic mass is 10.1. The molecule has 0 aliphatic carbocycles. The van der Waals surface area contributed by atoms with Gasteiger partial charge in [0, 0.05) is 19.3 Å². The smallest absolute Gasteiger partial charge is 0.185 e. The Balaban J connectivity index is 2.19. The molecule has 0 saturated heterocycles. The fraction of sp³-hybridized carbons (Fsp3) is 0.417. The van der Waals surface area contributed by atoms with Gasteiger partial charge in [-0.1, -0.05) is 12.1 Å². The molecular formula is C12H20N4. The molecule has 0 radical (unpaired) electrons. The Hall–Kier alpha value is -1.71. The molecule has 0 aromatic heterocycles. The third-order valence-corrected chi connectivity index (χ3v) is 2.45. The van der Waals surface area contributed by atoms with Gasteiger partial charge >= 0.3 is 0 Å². The molecule has 0 spiro atoms. The van der Waals surface area contributed by atoms with Crippen LogP contribution in [0.25, 0.3) is 0 Å². The lowest BCUT2D eigenvalue weighted by Crippen LogP contribution is -2.30. The van der Waals surface area contributed by atoms with Gasteiger partial charge in [-0.2, -0.15) is 0 Å². The summed E-state index contributed by atoms with van der Waals surface area (Å²) >= 11 is 0. The van der Waals surface area contributed by atoms with Crippen LogP contribution in [0.15, 0.2) is 24.3 Å². The fourth-order valence-corrected chi connectivity index (χ4v) is 1.52. The molecule has 0 amide bonds. The van der Waals surface area contributed by atoms with Gasteiger partial charge in [-0.25, -0.2) is 0 Å². The number of hydrogen-bond donors (Lipinski definition) is 4. The van der Waals surface area contributed by atoms with Crippen LogP contribution >= 0.6 is 0 Å². The van der Waals surface area contributed by atoms with Gasteiger partial charge in [0.25, 0.3) is 0 Å². The van der Waals surface area contributed by atoms with Crippen molar-refractivity contribution in [1.82, 2.24) is 5.32 Å². The van der Waals surface area contributed by atoms with E-state index < -0.39 is 0 Å². The Morgan fingerprint density at radius 3 is 2.50 bits per heavy atom. The number of guanidine groups is 1. The zero-order valence-corrected chi connectivity index (χ0v) is 9.72. The number of aryl methyl sites for hydroxylation is 1. The molecule has 1 aromatic carbocycles. The molecule has 5 N–H and O–H groups in total. The van der Waals surface area contributed by atoms with Crippen molar-refractivity contribution in [2.45, 2.75) is 19.3 Å². The molecule has 0 heterocycles. The average molecular weight is 220 g/mol. The van der Waals surface area contributed by atoms with Crippen molar-refractivity contribution in [1.29, 1.82) is 5.41 Å². The highest BCUT2D eigenvalue weighted by atomic mass is 15.0. The fourth-order valence-electron chi connectivity index (χ4n) is 1.52. The Bertz CT molecular complexity index is 318. The molecule has 0 aliphatic rings. The van der Waals surface area contributed by atoms with Gasteiger partial charge in [0.15, 0.2) is 5.96 Å². The normalized spacial score (nSPS) is 9.81. The van der Waals surface area contributed by atoms with E-state index in [-0.39, 0.29) is 5.96 Å². The summed E-state index contributed by atoms with van der Waals surface area (Å²) in [7, 11) is 1.92. The van der Waals surface area contributed by atoms with Crippen LogP contribution in [0.2, 0.25) is 0 Å². The second kappa shape index (κ2) is 6.71. The Morgan fingerprint density at radius 2 is 1.94 bits per heavy atom. The van der Waals surface area contributed by atoms with Crippen molar-refractivity contribution >= 4 is 11.6 Å². The Labute approximate surface area is 96.7 Å². The first-order chi connectivity index (χ1) is 7.72. The predicted molar refractivity (Wildman–Crippen MR) is 68.8 cm³/mol. The SMILES string of the molecule is CNc1ccc(CCCCNC(=N)N)cc1. The topological polar surface area (TPSA) is 73.9 Å². The molecule has 16 heavy (non-hydrogen) atoms. The summed E-state index contributed by atoms with van der Waals surface area (Å²) < 4.78 is 0. The highest BCUT2D eigenvalue weighted by Gasteiger charge is 1.94. The monoisotopic (exact) mass is 220 g/mol. The lowest BCUT2D eigenvalue weighted by molar-refractivity contribution is 0.706. The van der Waals surface area contributed by atoms with Crippen LogP contribution in [0.4, 0.5) is 5.69 Å². The van der Waals surface area contributed by atoms with Gasteiger partial charge in [-0.3, -0.25) is 5.41 Å². The van der Waals surface area contributed by atoms with Gasteiger partial charge < -0.3 is 16.4 Å². The Morgan fingerprint density at radius 1 is 1.25 bits per heavy atom. The van der Waals surface area contributed by atoms with Gasteiger partial charge in [0.1, 0.15) is 0 Å². The third-order valence-electron chi connectivity index (χ3n) is 2.45. The Kier molecular flexibility index (Phi) is 5.19. The van der Waals surface area contributed by atoms with E-state index in [1.54, 1.807) is 0 Å². The van der Waals surface area contributed by atoms with Gasteiger partial charge in [0.05, 0.1) is 0 Å². The van der Waals surface area contributed by atoms with Gasteiger partial charge in [-0.05, 0) is 37.0 Å². The van der Waals surface area contributed by atoms with Crippen LogP contribution in [0.1, 0.15) is 18.4 Å². The van der Waals surface area contributed by atoms with E-state index in [9.17, 15) is 0 Å². The minimum Gasteiger partial charge on any atom is -0.388 e. The largest absolute Gasteiger partial charge is 0.388 e. The number of hydrogen-bond acceptors (Lipinski definition) is 2. The van der Waals surface area contributed by atoms with Crippen molar-refractivity contribution in [3.05, 3.63) is 29.8 Å². The molecule has 1 aromatic rings. The molecule has 0 aliphatic heterocycles. The molecule has 0 atom stereocenters. The van der Waals surface area contributed by atoms with Crippen molar-refractivity contribution in [3.63, 3.8) is 0 Å². The van der Waals surface area contributed by atoms with Crippen LogP contribution < -0.4 is 16.4 Å². The number of rotatable bonds is 6. The first-order valence-electron chi connectivity index (χ1n) is 5.57. The first kappa shape index (κ1) is 12.4. The number of anilines is 1. The predicted octanol–water partition coefficient (Wildman–Crippen LogP) is 1.53. The number of nitrogens with one attached hydrogen (secondary N) is 3. The molecule has 0 unspecified atom stereocenters. The summed E-state index contributed by atoms with van der Waals surface area (Å²) in [5.41, 5.74) is 7.67. The van der Waals surface area contributed by atoms with Gasteiger partial charge in [0.2, 0.25) is 0 Å². The van der Waals surface area contributed by atoms with Crippen LogP contribution in [0, 0.1) is 5.41 Å².